The summed E-state index contributed by atoms with van der Waals surface area (Å²) < 4.78 is 20.2. The minimum atomic E-state index is -0.922. The van der Waals surface area contributed by atoms with Gasteiger partial charge in [-0.05, 0) is 76.5 Å². The van der Waals surface area contributed by atoms with Crippen molar-refractivity contribution in [2.45, 2.75) is 77.0 Å². The van der Waals surface area contributed by atoms with Crippen LogP contribution < -0.4 is 5.56 Å². The van der Waals surface area contributed by atoms with Crippen molar-refractivity contribution in [1.29, 1.82) is 0 Å². The zero-order valence-electron chi connectivity index (χ0n) is 20.6. The van der Waals surface area contributed by atoms with Gasteiger partial charge in [0.05, 0.1) is 0 Å². The molecule has 0 spiro atoms. The average Bonchev–Trinajstić information content (AvgIpc) is 3.06. The lowest BCUT2D eigenvalue weighted by atomic mass is 9.76. The summed E-state index contributed by atoms with van der Waals surface area (Å²) in [7, 11) is 1.64. The Bertz CT molecular complexity index is 1190. The summed E-state index contributed by atoms with van der Waals surface area (Å²) in [4.78, 5) is 45.4. The predicted molar refractivity (Wildman–Crippen MR) is 127 cm³/mol. The molecule has 0 radical (unpaired) electrons. The van der Waals surface area contributed by atoms with Crippen LogP contribution in [0, 0.1) is 11.7 Å². The van der Waals surface area contributed by atoms with E-state index in [0.29, 0.717) is 31.6 Å². The fraction of sp³-hybridized carbons (Fsp3) is 0.538. The van der Waals surface area contributed by atoms with Crippen molar-refractivity contribution in [2.75, 3.05) is 7.05 Å². The van der Waals surface area contributed by atoms with Crippen LogP contribution in [-0.2, 0) is 23.2 Å². The van der Waals surface area contributed by atoms with Gasteiger partial charge in [-0.15, -0.1) is 0 Å². The summed E-state index contributed by atoms with van der Waals surface area (Å²) in [5.41, 5.74) is -1.83. The Balaban J connectivity index is 1.72. The van der Waals surface area contributed by atoms with Gasteiger partial charge in [-0.2, -0.15) is 0 Å². The Labute approximate surface area is 203 Å². The van der Waals surface area contributed by atoms with Crippen molar-refractivity contribution in [3.05, 3.63) is 57.5 Å². The van der Waals surface area contributed by atoms with E-state index >= 15 is 0 Å². The number of Topliss-reactive ketones (excluding diaryl/α,β-unsaturated/α-hetero) is 1. The molecule has 35 heavy (non-hydrogen) atoms. The molecular formula is C26H32FN3O5. The number of carbonyl (C=O) groups is 2. The monoisotopic (exact) mass is 485 g/mol. The van der Waals surface area contributed by atoms with Gasteiger partial charge in [-0.25, -0.2) is 14.2 Å². The molecule has 0 atom stereocenters. The summed E-state index contributed by atoms with van der Waals surface area (Å²) in [6, 6.07) is 5.81. The second kappa shape index (κ2) is 9.09. The minimum Gasteiger partial charge on any atom is -0.501 e. The Morgan fingerprint density at radius 3 is 2.46 bits per heavy atom. The van der Waals surface area contributed by atoms with Gasteiger partial charge in [-0.1, -0.05) is 12.1 Å². The highest BCUT2D eigenvalue weighted by molar-refractivity contribution is 5.96. The molecule has 1 aromatic heterocycles. The van der Waals surface area contributed by atoms with Crippen molar-refractivity contribution in [3.8, 4) is 5.75 Å². The molecule has 1 aromatic carbocycles. The summed E-state index contributed by atoms with van der Waals surface area (Å²) >= 11 is 0. The second-order valence-electron chi connectivity index (χ2n) is 10.6. The topological polar surface area (TPSA) is 102 Å². The van der Waals surface area contributed by atoms with Crippen molar-refractivity contribution in [1.82, 2.24) is 14.5 Å². The SMILES string of the molecule is CN(C(=O)OC(C)(C)C)C12CCC(CC1)Cn1c2nc(C(=O)CCc2ccc(F)cc2)c(O)c1=O. The number of aryl methyl sites for hydroxylation is 1. The Hall–Kier alpha value is -3.23. The van der Waals surface area contributed by atoms with E-state index < -0.39 is 34.3 Å². The Morgan fingerprint density at radius 2 is 1.86 bits per heavy atom. The van der Waals surface area contributed by atoms with E-state index in [-0.39, 0.29) is 23.8 Å². The first kappa shape index (κ1) is 24.9. The lowest BCUT2D eigenvalue weighted by Gasteiger charge is -2.43. The van der Waals surface area contributed by atoms with E-state index in [0.717, 1.165) is 18.4 Å². The second-order valence-corrected chi connectivity index (χ2v) is 10.6. The first-order valence-electron chi connectivity index (χ1n) is 12.0. The average molecular weight is 486 g/mol. The Morgan fingerprint density at radius 1 is 1.23 bits per heavy atom. The third-order valence-corrected chi connectivity index (χ3v) is 7.06. The third-order valence-electron chi connectivity index (χ3n) is 7.06. The molecule has 9 heteroatoms. The summed E-state index contributed by atoms with van der Waals surface area (Å²) in [6.45, 7) is 5.73. The van der Waals surface area contributed by atoms with Crippen molar-refractivity contribution >= 4 is 11.9 Å². The number of halogens is 1. The highest BCUT2D eigenvalue weighted by atomic mass is 19.1. The fourth-order valence-corrected chi connectivity index (χ4v) is 5.10. The summed E-state index contributed by atoms with van der Waals surface area (Å²) in [5, 5.41) is 10.7. The fourth-order valence-electron chi connectivity index (χ4n) is 5.10. The van der Waals surface area contributed by atoms with Crippen LogP contribution in [0.4, 0.5) is 9.18 Å². The maximum Gasteiger partial charge on any atom is 0.410 e. The number of aromatic nitrogens is 2. The number of amides is 1. The molecular weight excluding hydrogens is 453 g/mol. The molecule has 2 bridgehead atoms. The smallest absolute Gasteiger partial charge is 0.410 e. The summed E-state index contributed by atoms with van der Waals surface area (Å²) in [6.07, 6.45) is 2.49. The van der Waals surface area contributed by atoms with Gasteiger partial charge >= 0.3 is 6.09 Å². The lowest BCUT2D eigenvalue weighted by Crippen LogP contribution is -2.52. The molecule has 2 aliphatic heterocycles. The minimum absolute atomic E-state index is 0.00733. The van der Waals surface area contributed by atoms with Crippen LogP contribution in [0.2, 0.25) is 0 Å². The quantitative estimate of drug-likeness (QED) is 0.638. The number of nitrogens with zero attached hydrogens (tertiary/aromatic N) is 3. The number of benzene rings is 1. The molecule has 2 aromatic rings. The van der Waals surface area contributed by atoms with Crippen LogP contribution in [0.15, 0.2) is 29.1 Å². The standard InChI is InChI=1S/C26H32FN3O5/c1-25(2,3)35-24(34)29(4)26-13-11-17(12-14-26)15-30-22(33)21(32)20(28-23(26)30)19(31)10-7-16-5-8-18(27)9-6-16/h5-6,8-9,17,32H,7,10-15H2,1-4H3. The molecule has 8 nitrogen and oxygen atoms in total. The molecule has 188 valence electrons. The number of ketones is 1. The first-order chi connectivity index (χ1) is 16.4. The zero-order valence-corrected chi connectivity index (χ0v) is 20.6. The number of carbonyl (C=O) groups excluding carboxylic acids is 2. The molecule has 1 saturated carbocycles. The molecule has 1 fully saturated rings. The number of ether oxygens (including phenoxy) is 1. The molecule has 1 aliphatic carbocycles. The molecule has 0 saturated heterocycles. The molecule has 1 amide bonds. The van der Waals surface area contributed by atoms with Gasteiger partial charge in [-0.3, -0.25) is 19.1 Å². The van der Waals surface area contributed by atoms with Crippen LogP contribution in [0.5, 0.6) is 5.75 Å². The van der Waals surface area contributed by atoms with E-state index in [2.05, 4.69) is 4.98 Å². The van der Waals surface area contributed by atoms with E-state index in [9.17, 15) is 23.9 Å². The van der Waals surface area contributed by atoms with E-state index in [4.69, 9.17) is 4.74 Å². The number of aromatic hydroxyl groups is 1. The number of fused-ring (bicyclic) bond motifs is 2. The molecule has 3 heterocycles. The van der Waals surface area contributed by atoms with Crippen molar-refractivity contribution < 1.29 is 23.8 Å². The van der Waals surface area contributed by atoms with Crippen LogP contribution in [0.25, 0.3) is 0 Å². The lowest BCUT2D eigenvalue weighted by molar-refractivity contribution is -0.00930. The molecule has 3 aliphatic rings. The van der Waals surface area contributed by atoms with Crippen LogP contribution in [0.3, 0.4) is 0 Å². The highest BCUT2D eigenvalue weighted by Crippen LogP contribution is 2.46. The molecule has 1 N–H and O–H groups in total. The van der Waals surface area contributed by atoms with Crippen LogP contribution in [0.1, 0.15) is 74.8 Å². The van der Waals surface area contributed by atoms with Crippen molar-refractivity contribution in [3.63, 3.8) is 0 Å². The first-order valence-corrected chi connectivity index (χ1v) is 12.0. The van der Waals surface area contributed by atoms with Crippen LogP contribution >= 0.6 is 0 Å². The largest absolute Gasteiger partial charge is 0.501 e. The molecule has 0 unspecified atom stereocenters. The number of hydrogen-bond donors (Lipinski definition) is 1. The normalized spacial score (nSPS) is 21.2. The van der Waals surface area contributed by atoms with Gasteiger partial charge in [0, 0.05) is 20.0 Å². The van der Waals surface area contributed by atoms with Gasteiger partial charge in [0.2, 0.25) is 5.75 Å². The molecule has 5 rings (SSSR count). The zero-order chi connectivity index (χ0) is 25.5. The highest BCUT2D eigenvalue weighted by Gasteiger charge is 2.50. The third kappa shape index (κ3) is 4.81. The number of rotatable bonds is 5. The van der Waals surface area contributed by atoms with Crippen molar-refractivity contribution in [2.24, 2.45) is 5.92 Å². The van der Waals surface area contributed by atoms with E-state index in [1.165, 1.54) is 21.6 Å². The van der Waals surface area contributed by atoms with Crippen LogP contribution in [-0.4, -0.2) is 44.1 Å². The van der Waals surface area contributed by atoms with Gasteiger partial charge in [0.15, 0.2) is 11.5 Å². The predicted octanol–water partition coefficient (Wildman–Crippen LogP) is 4.17. The number of hydrogen-bond acceptors (Lipinski definition) is 6. The maximum absolute atomic E-state index is 13.2. The maximum atomic E-state index is 13.2. The van der Waals surface area contributed by atoms with E-state index in [1.54, 1.807) is 40.0 Å². The Kier molecular flexibility index (Phi) is 6.46. The summed E-state index contributed by atoms with van der Waals surface area (Å²) in [5.74, 6) is -0.989. The van der Waals surface area contributed by atoms with Gasteiger partial charge in [0.25, 0.3) is 5.56 Å². The van der Waals surface area contributed by atoms with Gasteiger partial charge in [0.1, 0.15) is 22.8 Å². The van der Waals surface area contributed by atoms with E-state index in [1.807, 2.05) is 0 Å². The van der Waals surface area contributed by atoms with Gasteiger partial charge < -0.3 is 9.84 Å².